The highest BCUT2D eigenvalue weighted by Gasteiger charge is 2.29. The van der Waals surface area contributed by atoms with Gasteiger partial charge in [0.1, 0.15) is 11.5 Å². The van der Waals surface area contributed by atoms with E-state index in [4.69, 9.17) is 4.74 Å². The minimum Gasteiger partial charge on any atom is -0.507 e. The summed E-state index contributed by atoms with van der Waals surface area (Å²) in [7, 11) is 0. The second-order valence-corrected chi connectivity index (χ2v) is 7.52. The van der Waals surface area contributed by atoms with Crippen molar-refractivity contribution in [3.05, 3.63) is 35.4 Å². The number of aromatic hydroxyl groups is 1. The normalized spacial score (nSPS) is 12.1. The van der Waals surface area contributed by atoms with Gasteiger partial charge in [-0.3, -0.25) is 0 Å². The van der Waals surface area contributed by atoms with Gasteiger partial charge < -0.3 is 9.84 Å². The molecule has 1 rings (SSSR count). The Morgan fingerprint density at radius 3 is 2.09 bits per heavy atom. The van der Waals surface area contributed by atoms with Gasteiger partial charge in [-0.1, -0.05) is 48.1 Å². The first kappa shape index (κ1) is 18.3. The Kier molecular flexibility index (Phi) is 5.11. The summed E-state index contributed by atoms with van der Waals surface area (Å²) >= 11 is 0. The molecule has 1 aromatic rings. The van der Waals surface area contributed by atoms with Gasteiger partial charge in [0.05, 0.1) is 0 Å². The van der Waals surface area contributed by atoms with Crippen molar-refractivity contribution in [2.24, 2.45) is 0 Å². The molecule has 1 N–H and O–H groups in total. The largest absolute Gasteiger partial charge is 0.507 e. The highest BCUT2D eigenvalue weighted by atomic mass is 16.5. The number of esters is 1. The van der Waals surface area contributed by atoms with E-state index in [0.29, 0.717) is 11.3 Å². The van der Waals surface area contributed by atoms with E-state index in [2.05, 4.69) is 27.4 Å². The Bertz CT molecular complexity index is 589. The summed E-state index contributed by atoms with van der Waals surface area (Å²) < 4.78 is 5.40. The summed E-state index contributed by atoms with van der Waals surface area (Å²) in [4.78, 5) is 11.8. The number of carbonyl (C=O) groups is 1. The molecule has 0 aromatic heterocycles. The maximum atomic E-state index is 11.8. The van der Waals surface area contributed by atoms with E-state index in [1.165, 1.54) is 0 Å². The zero-order valence-electron chi connectivity index (χ0n) is 14.8. The Balaban J connectivity index is 3.52. The van der Waals surface area contributed by atoms with Gasteiger partial charge >= 0.3 is 5.97 Å². The minimum absolute atomic E-state index is 0.213. The molecule has 3 heteroatoms. The second kappa shape index (κ2) is 6.15. The maximum Gasteiger partial charge on any atom is 0.338 e. The zero-order valence-corrected chi connectivity index (χ0v) is 14.8. The van der Waals surface area contributed by atoms with Crippen molar-refractivity contribution in [2.45, 2.75) is 65.7 Å². The lowest BCUT2D eigenvalue weighted by atomic mass is 9.77. The Morgan fingerprint density at radius 1 is 1.18 bits per heavy atom. The average Bonchev–Trinajstić information content (AvgIpc) is 2.38. The number of rotatable bonds is 4. The third-order valence-electron chi connectivity index (χ3n) is 4.06. The molecule has 0 bridgehead atoms. The van der Waals surface area contributed by atoms with Crippen molar-refractivity contribution >= 4 is 5.97 Å². The van der Waals surface area contributed by atoms with E-state index in [-0.39, 0.29) is 16.6 Å². The molecule has 0 heterocycles. The predicted octanol–water partition coefficient (Wildman–Crippen LogP) is 4.86. The molecule has 0 saturated heterocycles. The minimum atomic E-state index is -0.453. The zero-order chi connectivity index (χ0) is 17.3. The molecule has 0 saturated carbocycles. The number of phenols is 1. The van der Waals surface area contributed by atoms with Crippen LogP contribution in [0.15, 0.2) is 24.3 Å². The van der Waals surface area contributed by atoms with Crippen molar-refractivity contribution in [1.29, 1.82) is 0 Å². The first-order chi connectivity index (χ1) is 9.90. The van der Waals surface area contributed by atoms with Crippen molar-refractivity contribution in [2.75, 3.05) is 0 Å². The molecule has 3 nitrogen and oxygen atoms in total. The van der Waals surface area contributed by atoms with Crippen LogP contribution in [0.25, 0.3) is 0 Å². The standard InChI is InChI=1S/C19H28O3/c1-9-19(7,8)15-11-13(22-17(21)12(2)3)10-14(16(15)20)18(4,5)6/h10-11,20H,2,9H2,1,3-8H3. The lowest BCUT2D eigenvalue weighted by Crippen LogP contribution is -2.20. The molecule has 0 amide bonds. The van der Waals surface area contributed by atoms with Gasteiger partial charge in [0.2, 0.25) is 0 Å². The van der Waals surface area contributed by atoms with E-state index in [9.17, 15) is 9.90 Å². The number of carbonyl (C=O) groups excluding carboxylic acids is 1. The summed E-state index contributed by atoms with van der Waals surface area (Å²) in [5.74, 6) is 0.285. The molecule has 0 aliphatic rings. The van der Waals surface area contributed by atoms with Gasteiger partial charge in [-0.05, 0) is 36.3 Å². The summed E-state index contributed by atoms with van der Waals surface area (Å²) in [5, 5.41) is 10.7. The van der Waals surface area contributed by atoms with E-state index in [1.807, 2.05) is 20.8 Å². The third kappa shape index (κ3) is 3.90. The van der Waals surface area contributed by atoms with Crippen LogP contribution in [-0.2, 0) is 15.6 Å². The smallest absolute Gasteiger partial charge is 0.338 e. The predicted molar refractivity (Wildman–Crippen MR) is 90.6 cm³/mol. The van der Waals surface area contributed by atoms with Gasteiger partial charge in [-0.15, -0.1) is 0 Å². The Morgan fingerprint density at radius 2 is 1.68 bits per heavy atom. The summed E-state index contributed by atoms with van der Waals surface area (Å²) in [6.07, 6.45) is 0.863. The number of hydrogen-bond donors (Lipinski definition) is 1. The number of phenolic OH excluding ortho intramolecular Hbond substituents is 1. The van der Waals surface area contributed by atoms with Crippen LogP contribution in [0.5, 0.6) is 11.5 Å². The Hall–Kier alpha value is -1.77. The molecule has 0 atom stereocenters. The fourth-order valence-corrected chi connectivity index (χ4v) is 2.14. The number of ether oxygens (including phenoxy) is 1. The van der Waals surface area contributed by atoms with E-state index in [1.54, 1.807) is 19.1 Å². The SMILES string of the molecule is C=C(C)C(=O)Oc1cc(C(C)(C)C)c(O)c(C(C)(C)CC)c1. The molecular weight excluding hydrogens is 276 g/mol. The van der Waals surface area contributed by atoms with Crippen molar-refractivity contribution in [1.82, 2.24) is 0 Å². The lowest BCUT2D eigenvalue weighted by Gasteiger charge is -2.29. The van der Waals surface area contributed by atoms with E-state index >= 15 is 0 Å². The molecule has 122 valence electrons. The van der Waals surface area contributed by atoms with Gasteiger partial charge in [-0.25, -0.2) is 4.79 Å². The quantitative estimate of drug-likeness (QED) is 0.491. The maximum absolute atomic E-state index is 11.8. The van der Waals surface area contributed by atoms with Crippen LogP contribution < -0.4 is 4.74 Å². The van der Waals surface area contributed by atoms with Gasteiger partial charge in [-0.2, -0.15) is 0 Å². The molecule has 0 radical (unpaired) electrons. The molecule has 0 aliphatic carbocycles. The van der Waals surface area contributed by atoms with Crippen LogP contribution in [0.3, 0.4) is 0 Å². The van der Waals surface area contributed by atoms with Crippen molar-refractivity contribution in [3.8, 4) is 11.5 Å². The van der Waals surface area contributed by atoms with Crippen LogP contribution in [0.1, 0.15) is 66.0 Å². The molecule has 0 spiro atoms. The van der Waals surface area contributed by atoms with Crippen molar-refractivity contribution in [3.63, 3.8) is 0 Å². The number of hydrogen-bond acceptors (Lipinski definition) is 3. The second-order valence-electron chi connectivity index (χ2n) is 7.52. The van der Waals surface area contributed by atoms with Crippen LogP contribution in [0, 0.1) is 0 Å². The van der Waals surface area contributed by atoms with Crippen LogP contribution in [0.4, 0.5) is 0 Å². The van der Waals surface area contributed by atoms with Gasteiger partial charge in [0.25, 0.3) is 0 Å². The van der Waals surface area contributed by atoms with Gasteiger partial charge in [0.15, 0.2) is 0 Å². The van der Waals surface area contributed by atoms with E-state index < -0.39 is 5.97 Å². The first-order valence-corrected chi connectivity index (χ1v) is 7.65. The first-order valence-electron chi connectivity index (χ1n) is 7.65. The summed E-state index contributed by atoms with van der Waals surface area (Å²) in [6, 6.07) is 3.50. The Labute approximate surface area is 134 Å². The third-order valence-corrected chi connectivity index (χ3v) is 4.06. The van der Waals surface area contributed by atoms with Crippen LogP contribution >= 0.6 is 0 Å². The monoisotopic (exact) mass is 304 g/mol. The highest BCUT2D eigenvalue weighted by Crippen LogP contribution is 2.42. The molecule has 0 unspecified atom stereocenters. The van der Waals surface area contributed by atoms with Crippen LogP contribution in [0.2, 0.25) is 0 Å². The summed E-state index contributed by atoms with van der Waals surface area (Å²) in [6.45, 7) is 17.5. The van der Waals surface area contributed by atoms with Crippen molar-refractivity contribution < 1.29 is 14.6 Å². The molecule has 0 aliphatic heterocycles. The highest BCUT2D eigenvalue weighted by molar-refractivity contribution is 5.88. The van der Waals surface area contributed by atoms with Gasteiger partial charge in [0, 0.05) is 16.7 Å². The lowest BCUT2D eigenvalue weighted by molar-refractivity contribution is -0.130. The summed E-state index contributed by atoms with van der Waals surface area (Å²) in [5.41, 5.74) is 1.45. The van der Waals surface area contributed by atoms with E-state index in [0.717, 1.165) is 17.5 Å². The fraction of sp³-hybridized carbons (Fsp3) is 0.526. The molecule has 1 aromatic carbocycles. The fourth-order valence-electron chi connectivity index (χ4n) is 2.14. The average molecular weight is 304 g/mol. The molecule has 22 heavy (non-hydrogen) atoms. The number of benzene rings is 1. The molecular formula is C19H28O3. The topological polar surface area (TPSA) is 46.5 Å². The molecule has 0 fully saturated rings. The van der Waals surface area contributed by atoms with Crippen LogP contribution in [-0.4, -0.2) is 11.1 Å².